The molecule has 0 unspecified atom stereocenters. The number of benzene rings is 10. The molecule has 266 valence electrons. The smallest absolute Gasteiger partial charge is 0.138 e. The third-order valence-electron chi connectivity index (χ3n) is 11.6. The maximum atomic E-state index is 6.76. The fourth-order valence-electron chi connectivity index (χ4n) is 9.10. The lowest BCUT2D eigenvalue weighted by Crippen LogP contribution is -2.09. The predicted octanol–water partition coefficient (Wildman–Crippen LogP) is 15.7. The van der Waals surface area contributed by atoms with Crippen LogP contribution in [0.15, 0.2) is 209 Å². The summed E-state index contributed by atoms with van der Waals surface area (Å²) >= 11 is 0. The molecule has 0 bridgehead atoms. The van der Waals surface area contributed by atoms with Crippen LogP contribution in [0.5, 0.6) is 0 Å². The number of hydrogen-bond acceptors (Lipinski definition) is 3. The number of hydrogen-bond donors (Lipinski definition) is 0. The van der Waals surface area contributed by atoms with Crippen molar-refractivity contribution in [3.05, 3.63) is 200 Å². The quantitative estimate of drug-likeness (QED) is 0.165. The molecule has 12 rings (SSSR count). The molecule has 3 heteroatoms. The van der Waals surface area contributed by atoms with Crippen LogP contribution in [0.4, 0.5) is 17.1 Å². The van der Waals surface area contributed by atoms with Gasteiger partial charge in [-0.05, 0) is 115 Å². The average molecular weight is 728 g/mol. The van der Waals surface area contributed by atoms with E-state index in [-0.39, 0.29) is 0 Å². The fourth-order valence-corrected chi connectivity index (χ4v) is 9.10. The van der Waals surface area contributed by atoms with Crippen LogP contribution in [0.3, 0.4) is 0 Å². The molecule has 57 heavy (non-hydrogen) atoms. The standard InChI is InChI=1S/C54H33NO2/c1-3-14-36(15-4-1)55(37-16-5-2-6-17-37)38-32-48(54-45-22-11-12-24-49(45)56-52(54)33-38)44-23-13-25-50-53(44)46-29-27-35(31-51(46)57-50)34-26-28-43-41-20-8-7-18-39(41)40-19-9-10-21-42(40)47(43)30-34/h1-33H. The largest absolute Gasteiger partial charge is 0.456 e. The molecule has 0 amide bonds. The molecule has 3 nitrogen and oxygen atoms in total. The SMILES string of the molecule is c1ccc(N(c2ccccc2)c2cc(-c3cccc4oc5cc(-c6ccc7c8ccccc8c8ccccc8c7c6)ccc5c34)c3c(c2)oc2ccccc23)cc1. The lowest BCUT2D eigenvalue weighted by atomic mass is 9.91. The average Bonchev–Trinajstić information content (AvgIpc) is 3.85. The maximum Gasteiger partial charge on any atom is 0.138 e. The van der Waals surface area contributed by atoms with E-state index in [0.29, 0.717) is 0 Å². The van der Waals surface area contributed by atoms with Crippen molar-refractivity contribution in [2.75, 3.05) is 4.90 Å². The van der Waals surface area contributed by atoms with Crippen LogP contribution < -0.4 is 4.90 Å². The molecule has 0 spiro atoms. The molecule has 0 saturated heterocycles. The Morgan fingerprint density at radius 2 is 0.754 bits per heavy atom. The van der Waals surface area contributed by atoms with Crippen molar-refractivity contribution in [2.24, 2.45) is 0 Å². The summed E-state index contributed by atoms with van der Waals surface area (Å²) in [5.74, 6) is 0. The fraction of sp³-hybridized carbons (Fsp3) is 0. The Morgan fingerprint density at radius 1 is 0.263 bits per heavy atom. The third-order valence-corrected chi connectivity index (χ3v) is 11.6. The van der Waals surface area contributed by atoms with Gasteiger partial charge in [0.15, 0.2) is 0 Å². The Balaban J connectivity index is 1.07. The Hall–Kier alpha value is -7.62. The minimum atomic E-state index is 0.837. The first-order valence-corrected chi connectivity index (χ1v) is 19.4. The normalized spacial score (nSPS) is 11.9. The minimum absolute atomic E-state index is 0.837. The Kier molecular flexibility index (Phi) is 6.93. The van der Waals surface area contributed by atoms with Gasteiger partial charge in [-0.2, -0.15) is 0 Å². The monoisotopic (exact) mass is 727 g/mol. The van der Waals surface area contributed by atoms with Gasteiger partial charge in [-0.1, -0.05) is 133 Å². The zero-order chi connectivity index (χ0) is 37.5. The highest BCUT2D eigenvalue weighted by molar-refractivity contribution is 6.26. The van der Waals surface area contributed by atoms with Crippen LogP contribution in [-0.4, -0.2) is 0 Å². The third kappa shape index (κ3) is 4.92. The molecule has 12 aromatic rings. The van der Waals surface area contributed by atoms with Crippen molar-refractivity contribution in [2.45, 2.75) is 0 Å². The summed E-state index contributed by atoms with van der Waals surface area (Å²) < 4.78 is 13.4. The van der Waals surface area contributed by atoms with Crippen LogP contribution >= 0.6 is 0 Å². The lowest BCUT2D eigenvalue weighted by Gasteiger charge is -2.26. The summed E-state index contributed by atoms with van der Waals surface area (Å²) in [5, 5.41) is 12.0. The van der Waals surface area contributed by atoms with Crippen molar-refractivity contribution in [1.29, 1.82) is 0 Å². The van der Waals surface area contributed by atoms with Crippen LogP contribution in [0.25, 0.3) is 98.4 Å². The van der Waals surface area contributed by atoms with Crippen LogP contribution in [0.2, 0.25) is 0 Å². The molecule has 0 radical (unpaired) electrons. The second kappa shape index (κ2) is 12.5. The molecule has 2 aromatic heterocycles. The molecule has 0 atom stereocenters. The van der Waals surface area contributed by atoms with E-state index in [4.69, 9.17) is 8.83 Å². The maximum absolute atomic E-state index is 6.76. The highest BCUT2D eigenvalue weighted by Gasteiger charge is 2.22. The van der Waals surface area contributed by atoms with Crippen molar-refractivity contribution in [1.82, 2.24) is 0 Å². The van der Waals surface area contributed by atoms with E-state index in [2.05, 4.69) is 199 Å². The summed E-state index contributed by atoms with van der Waals surface area (Å²) in [5.41, 5.74) is 11.0. The molecule has 0 N–H and O–H groups in total. The molecule has 0 aliphatic heterocycles. The first-order valence-electron chi connectivity index (χ1n) is 19.4. The molecule has 2 heterocycles. The Labute approximate surface area is 328 Å². The summed E-state index contributed by atoms with van der Waals surface area (Å²) in [6, 6.07) is 71.3. The van der Waals surface area contributed by atoms with E-state index >= 15 is 0 Å². The van der Waals surface area contributed by atoms with Gasteiger partial charge >= 0.3 is 0 Å². The van der Waals surface area contributed by atoms with Crippen molar-refractivity contribution in [3.8, 4) is 22.3 Å². The molecule has 0 aliphatic rings. The zero-order valence-electron chi connectivity index (χ0n) is 30.8. The number of furan rings is 2. The van der Waals surface area contributed by atoms with E-state index in [1.807, 2.05) is 6.07 Å². The second-order valence-electron chi connectivity index (χ2n) is 14.8. The molecule has 0 saturated carbocycles. The highest BCUT2D eigenvalue weighted by atomic mass is 16.3. The topological polar surface area (TPSA) is 29.5 Å². The molecular weight excluding hydrogens is 695 g/mol. The van der Waals surface area contributed by atoms with Gasteiger partial charge < -0.3 is 13.7 Å². The molecule has 0 aliphatic carbocycles. The van der Waals surface area contributed by atoms with Gasteiger partial charge in [-0.15, -0.1) is 0 Å². The number of rotatable bonds is 5. The van der Waals surface area contributed by atoms with Crippen LogP contribution in [-0.2, 0) is 0 Å². The van der Waals surface area contributed by atoms with E-state index in [1.165, 1.54) is 32.3 Å². The zero-order valence-corrected chi connectivity index (χ0v) is 30.8. The van der Waals surface area contributed by atoms with Gasteiger partial charge in [0.1, 0.15) is 22.3 Å². The highest BCUT2D eigenvalue weighted by Crippen LogP contribution is 2.47. The number of fused-ring (bicyclic) bond motifs is 12. The van der Waals surface area contributed by atoms with E-state index in [9.17, 15) is 0 Å². The number of anilines is 3. The van der Waals surface area contributed by atoms with E-state index < -0.39 is 0 Å². The summed E-state index contributed by atoms with van der Waals surface area (Å²) in [7, 11) is 0. The van der Waals surface area contributed by atoms with Gasteiger partial charge in [0.2, 0.25) is 0 Å². The lowest BCUT2D eigenvalue weighted by molar-refractivity contribution is 0.668. The molecule has 10 aromatic carbocycles. The van der Waals surface area contributed by atoms with E-state index in [1.54, 1.807) is 0 Å². The second-order valence-corrected chi connectivity index (χ2v) is 14.8. The minimum Gasteiger partial charge on any atom is -0.456 e. The number of nitrogens with zero attached hydrogens (tertiary/aromatic N) is 1. The summed E-state index contributed by atoms with van der Waals surface area (Å²) in [6.45, 7) is 0. The van der Waals surface area contributed by atoms with Crippen molar-refractivity contribution >= 4 is 93.3 Å². The van der Waals surface area contributed by atoms with Crippen LogP contribution in [0.1, 0.15) is 0 Å². The summed E-state index contributed by atoms with van der Waals surface area (Å²) in [4.78, 5) is 2.30. The van der Waals surface area contributed by atoms with Gasteiger partial charge in [0, 0.05) is 39.0 Å². The van der Waals surface area contributed by atoms with Gasteiger partial charge in [0.25, 0.3) is 0 Å². The van der Waals surface area contributed by atoms with Gasteiger partial charge in [0.05, 0.1) is 5.69 Å². The Morgan fingerprint density at radius 3 is 1.44 bits per heavy atom. The van der Waals surface area contributed by atoms with E-state index in [0.717, 1.165) is 83.2 Å². The first-order chi connectivity index (χ1) is 28.3. The number of para-hydroxylation sites is 3. The summed E-state index contributed by atoms with van der Waals surface area (Å²) in [6.07, 6.45) is 0. The Bertz CT molecular complexity index is 3450. The van der Waals surface area contributed by atoms with Crippen LogP contribution in [0, 0.1) is 0 Å². The first kappa shape index (κ1) is 31.7. The van der Waals surface area contributed by atoms with Crippen molar-refractivity contribution in [3.63, 3.8) is 0 Å². The van der Waals surface area contributed by atoms with Gasteiger partial charge in [-0.25, -0.2) is 0 Å². The predicted molar refractivity (Wildman–Crippen MR) is 239 cm³/mol. The van der Waals surface area contributed by atoms with Gasteiger partial charge in [-0.3, -0.25) is 0 Å². The molecular formula is C54H33NO2. The van der Waals surface area contributed by atoms with Crippen molar-refractivity contribution < 1.29 is 8.83 Å². The molecule has 0 fully saturated rings.